The molecule has 0 bridgehead atoms. The first-order chi connectivity index (χ1) is 9.96. The second-order valence-corrected chi connectivity index (χ2v) is 6.52. The molecule has 0 aliphatic heterocycles. The topological polar surface area (TPSA) is 26.3 Å². The van der Waals surface area contributed by atoms with Crippen LogP contribution >= 0.6 is 15.9 Å². The van der Waals surface area contributed by atoms with Gasteiger partial charge in [0.1, 0.15) is 0 Å². The summed E-state index contributed by atoms with van der Waals surface area (Å²) in [6.45, 7) is 3.86. The second kappa shape index (κ2) is 6.44. The van der Waals surface area contributed by atoms with Crippen molar-refractivity contribution in [3.63, 3.8) is 0 Å². The number of ether oxygens (including phenoxy) is 1. The number of rotatable bonds is 4. The van der Waals surface area contributed by atoms with E-state index in [-0.39, 0.29) is 11.9 Å². The first-order valence-corrected chi connectivity index (χ1v) is 7.65. The molecule has 0 radical (unpaired) electrons. The Hall–Kier alpha value is -1.61. The van der Waals surface area contributed by atoms with Crippen LogP contribution in [0, 0.1) is 5.41 Å². The molecule has 3 heteroatoms. The highest BCUT2D eigenvalue weighted by Gasteiger charge is 2.39. The van der Waals surface area contributed by atoms with E-state index in [1.54, 1.807) is 0 Å². The lowest BCUT2D eigenvalue weighted by Gasteiger charge is -2.32. The number of halogens is 1. The van der Waals surface area contributed by atoms with Crippen LogP contribution in [0.5, 0.6) is 0 Å². The Morgan fingerprint density at radius 2 is 1.52 bits per heavy atom. The highest BCUT2D eigenvalue weighted by Crippen LogP contribution is 2.41. The molecule has 0 amide bonds. The summed E-state index contributed by atoms with van der Waals surface area (Å²) in [5, 5.41) is 0. The number of benzene rings is 2. The average Bonchev–Trinajstić information content (AvgIpc) is 2.49. The molecule has 0 heterocycles. The predicted molar refractivity (Wildman–Crippen MR) is 88.2 cm³/mol. The third kappa shape index (κ3) is 3.35. The Labute approximate surface area is 134 Å². The van der Waals surface area contributed by atoms with E-state index < -0.39 is 5.41 Å². The van der Waals surface area contributed by atoms with Crippen LogP contribution in [-0.4, -0.2) is 13.1 Å². The number of esters is 1. The number of carbonyl (C=O) groups excluding carboxylic acids is 1. The molecule has 1 unspecified atom stereocenters. The van der Waals surface area contributed by atoms with Gasteiger partial charge in [0.05, 0.1) is 12.5 Å². The molecular formula is C18H19BrO2. The largest absolute Gasteiger partial charge is 0.469 e. The molecule has 2 nitrogen and oxygen atoms in total. The van der Waals surface area contributed by atoms with Gasteiger partial charge in [-0.2, -0.15) is 0 Å². The predicted octanol–water partition coefficient (Wildman–Crippen LogP) is 4.78. The standard InChI is InChI=1S/C18H19BrO2/c1-18(2,17(20)21-3)16(13-7-5-4-6-8-13)14-9-11-15(19)12-10-14/h4-12,16H,1-3H3. The van der Waals surface area contributed by atoms with E-state index in [9.17, 15) is 4.79 Å². The molecule has 0 aliphatic carbocycles. The van der Waals surface area contributed by atoms with Gasteiger partial charge in [-0.1, -0.05) is 58.4 Å². The van der Waals surface area contributed by atoms with Crippen LogP contribution in [-0.2, 0) is 9.53 Å². The zero-order valence-corrected chi connectivity index (χ0v) is 14.1. The summed E-state index contributed by atoms with van der Waals surface area (Å²) in [4.78, 5) is 12.3. The van der Waals surface area contributed by atoms with Gasteiger partial charge < -0.3 is 4.74 Å². The maximum atomic E-state index is 12.3. The normalized spacial score (nSPS) is 12.8. The molecule has 21 heavy (non-hydrogen) atoms. The second-order valence-electron chi connectivity index (χ2n) is 5.61. The first-order valence-electron chi connectivity index (χ1n) is 6.85. The van der Waals surface area contributed by atoms with Crippen molar-refractivity contribution in [1.29, 1.82) is 0 Å². The Balaban J connectivity index is 2.55. The lowest BCUT2D eigenvalue weighted by Crippen LogP contribution is -2.33. The van der Waals surface area contributed by atoms with Crippen molar-refractivity contribution in [3.05, 3.63) is 70.2 Å². The molecule has 0 aromatic heterocycles. The smallest absolute Gasteiger partial charge is 0.312 e. The van der Waals surface area contributed by atoms with Gasteiger partial charge in [0.15, 0.2) is 0 Å². The Kier molecular flexibility index (Phi) is 4.84. The lowest BCUT2D eigenvalue weighted by atomic mass is 9.71. The van der Waals surface area contributed by atoms with Crippen molar-refractivity contribution in [2.24, 2.45) is 5.41 Å². The minimum Gasteiger partial charge on any atom is -0.469 e. The van der Waals surface area contributed by atoms with Crippen molar-refractivity contribution < 1.29 is 9.53 Å². The zero-order valence-electron chi connectivity index (χ0n) is 12.5. The fourth-order valence-corrected chi connectivity index (χ4v) is 2.97. The molecule has 110 valence electrons. The van der Waals surface area contributed by atoms with E-state index in [0.29, 0.717) is 0 Å². The van der Waals surface area contributed by atoms with E-state index >= 15 is 0 Å². The molecule has 0 N–H and O–H groups in total. The Bertz CT molecular complexity index is 603. The van der Waals surface area contributed by atoms with Crippen LogP contribution < -0.4 is 0 Å². The first kappa shape index (κ1) is 15.8. The van der Waals surface area contributed by atoms with Crippen molar-refractivity contribution >= 4 is 21.9 Å². The maximum absolute atomic E-state index is 12.3. The molecular weight excluding hydrogens is 328 g/mol. The molecule has 0 saturated heterocycles. The van der Waals surface area contributed by atoms with E-state index in [1.807, 2.05) is 56.3 Å². The SMILES string of the molecule is COC(=O)C(C)(C)C(c1ccccc1)c1ccc(Br)cc1. The molecule has 0 spiro atoms. The fourth-order valence-electron chi connectivity index (χ4n) is 2.71. The third-order valence-electron chi connectivity index (χ3n) is 3.77. The lowest BCUT2D eigenvalue weighted by molar-refractivity contribution is -0.151. The van der Waals surface area contributed by atoms with Gasteiger partial charge >= 0.3 is 5.97 Å². The van der Waals surface area contributed by atoms with Gasteiger partial charge in [-0.25, -0.2) is 0 Å². The monoisotopic (exact) mass is 346 g/mol. The zero-order chi connectivity index (χ0) is 15.5. The summed E-state index contributed by atoms with van der Waals surface area (Å²) in [6.07, 6.45) is 0. The van der Waals surface area contributed by atoms with E-state index in [1.165, 1.54) is 7.11 Å². The number of hydrogen-bond donors (Lipinski definition) is 0. The molecule has 2 aromatic rings. The third-order valence-corrected chi connectivity index (χ3v) is 4.30. The van der Waals surface area contributed by atoms with Crippen LogP contribution in [0.1, 0.15) is 30.9 Å². The molecule has 0 aliphatic rings. The Morgan fingerprint density at radius 3 is 2.05 bits per heavy atom. The summed E-state index contributed by atoms with van der Waals surface area (Å²) >= 11 is 3.45. The quantitative estimate of drug-likeness (QED) is 0.744. The summed E-state index contributed by atoms with van der Waals surface area (Å²) < 4.78 is 6.04. The summed E-state index contributed by atoms with van der Waals surface area (Å²) in [5.74, 6) is -0.265. The van der Waals surface area contributed by atoms with Crippen molar-refractivity contribution in [1.82, 2.24) is 0 Å². The van der Waals surface area contributed by atoms with E-state index in [0.717, 1.165) is 15.6 Å². The Morgan fingerprint density at radius 1 is 1.00 bits per heavy atom. The number of hydrogen-bond acceptors (Lipinski definition) is 2. The number of methoxy groups -OCH3 is 1. The molecule has 0 saturated carbocycles. The highest BCUT2D eigenvalue weighted by atomic mass is 79.9. The van der Waals surface area contributed by atoms with Crippen LogP contribution in [0.3, 0.4) is 0 Å². The van der Waals surface area contributed by atoms with Crippen molar-refractivity contribution in [2.75, 3.05) is 7.11 Å². The van der Waals surface area contributed by atoms with Gasteiger partial charge in [-0.05, 0) is 37.1 Å². The summed E-state index contributed by atoms with van der Waals surface area (Å²) in [7, 11) is 1.44. The summed E-state index contributed by atoms with van der Waals surface area (Å²) in [5.41, 5.74) is 1.55. The minimum atomic E-state index is -0.649. The van der Waals surface area contributed by atoms with Crippen molar-refractivity contribution in [2.45, 2.75) is 19.8 Å². The van der Waals surface area contributed by atoms with Crippen LogP contribution in [0.25, 0.3) is 0 Å². The molecule has 1 atom stereocenters. The van der Waals surface area contributed by atoms with E-state index in [4.69, 9.17) is 4.74 Å². The van der Waals surface area contributed by atoms with Crippen LogP contribution in [0.15, 0.2) is 59.1 Å². The molecule has 2 aromatic carbocycles. The molecule has 2 rings (SSSR count). The van der Waals surface area contributed by atoms with Crippen LogP contribution in [0.2, 0.25) is 0 Å². The minimum absolute atomic E-state index is 0.0563. The van der Waals surface area contributed by atoms with Crippen LogP contribution in [0.4, 0.5) is 0 Å². The number of carbonyl (C=O) groups is 1. The van der Waals surface area contributed by atoms with Gasteiger partial charge in [0.25, 0.3) is 0 Å². The summed E-state index contributed by atoms with van der Waals surface area (Å²) in [6, 6.07) is 18.2. The highest BCUT2D eigenvalue weighted by molar-refractivity contribution is 9.10. The van der Waals surface area contributed by atoms with Gasteiger partial charge in [-0.3, -0.25) is 4.79 Å². The van der Waals surface area contributed by atoms with Gasteiger partial charge in [-0.15, -0.1) is 0 Å². The van der Waals surface area contributed by atoms with Gasteiger partial charge in [0, 0.05) is 10.4 Å². The van der Waals surface area contributed by atoms with E-state index in [2.05, 4.69) is 28.1 Å². The maximum Gasteiger partial charge on any atom is 0.312 e. The fraction of sp³-hybridized carbons (Fsp3) is 0.278. The van der Waals surface area contributed by atoms with Crippen molar-refractivity contribution in [3.8, 4) is 0 Å². The molecule has 0 fully saturated rings. The van der Waals surface area contributed by atoms with Gasteiger partial charge in [0.2, 0.25) is 0 Å². The average molecular weight is 347 g/mol.